The average molecular weight is 459 g/mol. The minimum atomic E-state index is -0.860. The Hall–Kier alpha value is -1.75. The van der Waals surface area contributed by atoms with E-state index in [9.17, 15) is 13.9 Å². The third-order valence-corrected chi connectivity index (χ3v) is 7.24. The van der Waals surface area contributed by atoms with Crippen LogP contribution in [-0.4, -0.2) is 52.5 Å². The van der Waals surface area contributed by atoms with E-state index in [0.29, 0.717) is 58.1 Å². The number of nitrogen functional groups attached to an aromatic ring is 1. The van der Waals surface area contributed by atoms with E-state index in [1.54, 1.807) is 12.3 Å². The molecule has 0 aromatic carbocycles. The molecule has 5 N–H and O–H groups in total. The van der Waals surface area contributed by atoms with Crippen molar-refractivity contribution in [3.63, 3.8) is 0 Å². The Morgan fingerprint density at radius 1 is 1.33 bits per heavy atom. The topological polar surface area (TPSA) is 114 Å². The molecule has 11 heteroatoms. The predicted molar refractivity (Wildman–Crippen MR) is 114 cm³/mol. The highest BCUT2D eigenvalue weighted by molar-refractivity contribution is 7.99. The number of aromatic nitrogens is 3. The van der Waals surface area contributed by atoms with Crippen LogP contribution in [0.5, 0.6) is 0 Å². The van der Waals surface area contributed by atoms with Gasteiger partial charge >= 0.3 is 0 Å². The van der Waals surface area contributed by atoms with Gasteiger partial charge in [0.2, 0.25) is 0 Å². The summed E-state index contributed by atoms with van der Waals surface area (Å²) in [5.74, 6) is 0.767. The highest BCUT2D eigenvalue weighted by Gasteiger charge is 2.41. The standard InChI is InChI=1S/C19H25ClF2N6OS/c1-11-18(30-13-2-5-25-16(24)15(13)20)27-12(9-29)17(26-11)28-6-3-19(10-22,4-7-28)14(23)8-21/h2,5,14,29H,3-4,6-10,23H2,1H3,(H2,24,25). The van der Waals surface area contributed by atoms with Crippen molar-refractivity contribution in [3.8, 4) is 0 Å². The summed E-state index contributed by atoms with van der Waals surface area (Å²) in [5, 5.41) is 10.8. The second-order valence-corrected chi connectivity index (χ2v) is 8.81. The first-order chi connectivity index (χ1) is 14.3. The van der Waals surface area contributed by atoms with Crippen LogP contribution in [0.1, 0.15) is 24.2 Å². The minimum absolute atomic E-state index is 0.224. The second kappa shape index (κ2) is 9.59. The van der Waals surface area contributed by atoms with Gasteiger partial charge in [-0.2, -0.15) is 0 Å². The molecule has 7 nitrogen and oxygen atoms in total. The van der Waals surface area contributed by atoms with Crippen LogP contribution in [-0.2, 0) is 6.61 Å². The van der Waals surface area contributed by atoms with Crippen molar-refractivity contribution in [2.24, 2.45) is 11.1 Å². The summed E-state index contributed by atoms with van der Waals surface area (Å²) in [6.45, 7) is 1.01. The molecule has 0 amide bonds. The summed E-state index contributed by atoms with van der Waals surface area (Å²) in [7, 11) is 0. The number of anilines is 2. The van der Waals surface area contributed by atoms with Gasteiger partial charge in [-0.1, -0.05) is 23.4 Å². The summed E-state index contributed by atoms with van der Waals surface area (Å²) < 4.78 is 26.8. The van der Waals surface area contributed by atoms with E-state index < -0.39 is 24.8 Å². The second-order valence-electron chi connectivity index (χ2n) is 7.40. The van der Waals surface area contributed by atoms with Crippen LogP contribution >= 0.6 is 23.4 Å². The van der Waals surface area contributed by atoms with E-state index in [1.165, 1.54) is 11.8 Å². The number of hydrogen-bond acceptors (Lipinski definition) is 8. The lowest BCUT2D eigenvalue weighted by Gasteiger charge is -2.43. The van der Waals surface area contributed by atoms with Gasteiger partial charge in [-0.15, -0.1) is 0 Å². The molecule has 3 rings (SSSR count). The number of hydrogen-bond donors (Lipinski definition) is 3. The fraction of sp³-hybridized carbons (Fsp3) is 0.526. The van der Waals surface area contributed by atoms with Gasteiger partial charge in [-0.05, 0) is 25.8 Å². The highest BCUT2D eigenvalue weighted by Crippen LogP contribution is 2.39. The van der Waals surface area contributed by atoms with Crippen molar-refractivity contribution in [3.05, 3.63) is 28.7 Å². The molecule has 2 aromatic heterocycles. The molecule has 1 atom stereocenters. The Morgan fingerprint density at radius 3 is 2.63 bits per heavy atom. The zero-order chi connectivity index (χ0) is 21.9. The molecular weight excluding hydrogens is 434 g/mol. The number of alkyl halides is 2. The molecule has 1 saturated heterocycles. The lowest BCUT2D eigenvalue weighted by Crippen LogP contribution is -2.52. The Kier molecular flexibility index (Phi) is 7.33. The Morgan fingerprint density at radius 2 is 2.03 bits per heavy atom. The maximum atomic E-state index is 13.7. The van der Waals surface area contributed by atoms with E-state index in [-0.39, 0.29) is 12.4 Å². The third-order valence-electron chi connectivity index (χ3n) is 5.59. The number of aliphatic hydroxyl groups is 1. The fourth-order valence-corrected chi connectivity index (χ4v) is 4.64. The van der Waals surface area contributed by atoms with Crippen LogP contribution in [0.3, 0.4) is 0 Å². The molecule has 1 aliphatic heterocycles. The number of aliphatic hydroxyl groups excluding tert-OH is 1. The van der Waals surface area contributed by atoms with Crippen molar-refractivity contribution in [2.45, 2.75) is 42.3 Å². The number of aryl methyl sites for hydroxylation is 1. The third kappa shape index (κ3) is 4.46. The molecule has 1 aliphatic rings. The first kappa shape index (κ1) is 22.9. The van der Waals surface area contributed by atoms with Gasteiger partial charge in [0.05, 0.1) is 24.0 Å². The van der Waals surface area contributed by atoms with Crippen LogP contribution in [0, 0.1) is 12.3 Å². The smallest absolute Gasteiger partial charge is 0.153 e. The molecular formula is C19H25ClF2N6OS. The Bertz CT molecular complexity index is 898. The van der Waals surface area contributed by atoms with Gasteiger partial charge in [0.15, 0.2) is 5.82 Å². The molecule has 0 saturated carbocycles. The largest absolute Gasteiger partial charge is 0.390 e. The maximum Gasteiger partial charge on any atom is 0.153 e. The van der Waals surface area contributed by atoms with Gasteiger partial charge in [-0.25, -0.2) is 19.3 Å². The molecule has 164 valence electrons. The molecule has 2 aromatic rings. The van der Waals surface area contributed by atoms with E-state index in [4.69, 9.17) is 23.1 Å². The molecule has 30 heavy (non-hydrogen) atoms. The van der Waals surface area contributed by atoms with Crippen molar-refractivity contribution >= 4 is 35.0 Å². The Balaban J connectivity index is 1.84. The SMILES string of the molecule is Cc1nc(N2CCC(CF)(C(N)CF)CC2)c(CO)nc1Sc1ccnc(N)c1Cl. The van der Waals surface area contributed by atoms with Gasteiger partial charge in [0.1, 0.15) is 23.2 Å². The predicted octanol–water partition coefficient (Wildman–Crippen LogP) is 2.91. The maximum absolute atomic E-state index is 13.7. The van der Waals surface area contributed by atoms with Crippen molar-refractivity contribution in [1.82, 2.24) is 15.0 Å². The van der Waals surface area contributed by atoms with Crippen LogP contribution in [0.25, 0.3) is 0 Å². The normalized spacial score (nSPS) is 17.2. The monoisotopic (exact) mass is 458 g/mol. The number of halogens is 3. The van der Waals surface area contributed by atoms with Crippen LogP contribution < -0.4 is 16.4 Å². The molecule has 0 spiro atoms. The zero-order valence-corrected chi connectivity index (χ0v) is 18.2. The molecule has 0 bridgehead atoms. The van der Waals surface area contributed by atoms with Crippen LogP contribution in [0.4, 0.5) is 20.4 Å². The molecule has 3 heterocycles. The minimum Gasteiger partial charge on any atom is -0.390 e. The van der Waals surface area contributed by atoms with E-state index in [0.717, 1.165) is 0 Å². The highest BCUT2D eigenvalue weighted by atomic mass is 35.5. The number of nitrogens with zero attached hydrogens (tertiary/aromatic N) is 4. The molecule has 0 aliphatic carbocycles. The van der Waals surface area contributed by atoms with Crippen molar-refractivity contribution < 1.29 is 13.9 Å². The number of nitrogens with two attached hydrogens (primary N) is 2. The number of pyridine rings is 1. The van der Waals surface area contributed by atoms with Crippen molar-refractivity contribution in [1.29, 1.82) is 0 Å². The quantitative estimate of drug-likeness (QED) is 0.580. The molecule has 0 radical (unpaired) electrons. The molecule has 1 fully saturated rings. The van der Waals surface area contributed by atoms with E-state index >= 15 is 0 Å². The summed E-state index contributed by atoms with van der Waals surface area (Å²) >= 11 is 7.51. The summed E-state index contributed by atoms with van der Waals surface area (Å²) in [6, 6.07) is 0.901. The first-order valence-corrected chi connectivity index (χ1v) is 10.7. The van der Waals surface area contributed by atoms with Gasteiger partial charge in [-0.3, -0.25) is 4.39 Å². The van der Waals surface area contributed by atoms with Gasteiger partial charge in [0, 0.05) is 35.6 Å². The fourth-order valence-electron chi connectivity index (χ4n) is 3.54. The summed E-state index contributed by atoms with van der Waals surface area (Å²) in [4.78, 5) is 15.8. The lowest BCUT2D eigenvalue weighted by molar-refractivity contribution is 0.105. The number of piperidine rings is 1. The van der Waals surface area contributed by atoms with Crippen molar-refractivity contribution in [2.75, 3.05) is 37.1 Å². The average Bonchev–Trinajstić information content (AvgIpc) is 2.77. The first-order valence-electron chi connectivity index (χ1n) is 9.54. The van der Waals surface area contributed by atoms with Crippen LogP contribution in [0.2, 0.25) is 5.02 Å². The Labute approximate surface area is 183 Å². The summed E-state index contributed by atoms with van der Waals surface area (Å²) in [5.41, 5.74) is 11.8. The summed E-state index contributed by atoms with van der Waals surface area (Å²) in [6.07, 6.45) is 2.37. The molecule has 1 unspecified atom stereocenters. The van der Waals surface area contributed by atoms with E-state index in [1.807, 2.05) is 11.8 Å². The number of rotatable bonds is 7. The van der Waals surface area contributed by atoms with Gasteiger partial charge < -0.3 is 21.5 Å². The van der Waals surface area contributed by atoms with Crippen LogP contribution in [0.15, 0.2) is 22.2 Å². The zero-order valence-electron chi connectivity index (χ0n) is 16.6. The lowest BCUT2D eigenvalue weighted by atomic mass is 9.74. The van der Waals surface area contributed by atoms with E-state index in [2.05, 4.69) is 15.0 Å². The van der Waals surface area contributed by atoms with Gasteiger partial charge in [0.25, 0.3) is 0 Å².